The van der Waals surface area contributed by atoms with Crippen LogP contribution in [0.1, 0.15) is 51.2 Å². The van der Waals surface area contributed by atoms with E-state index in [0.717, 1.165) is 50.9 Å². The number of hydrogen-bond donors (Lipinski definition) is 0. The highest BCUT2D eigenvalue weighted by molar-refractivity contribution is 6.31. The van der Waals surface area contributed by atoms with Crippen LogP contribution >= 0.6 is 11.6 Å². The van der Waals surface area contributed by atoms with Gasteiger partial charge in [0.05, 0.1) is 11.5 Å². The summed E-state index contributed by atoms with van der Waals surface area (Å²) in [6, 6.07) is 21.1. The lowest BCUT2D eigenvalue weighted by Crippen LogP contribution is -2.34. The van der Waals surface area contributed by atoms with Crippen molar-refractivity contribution < 1.29 is 0 Å². The van der Waals surface area contributed by atoms with Crippen LogP contribution in [-0.4, -0.2) is 24.5 Å². The minimum absolute atomic E-state index is 0.210. The van der Waals surface area contributed by atoms with Crippen molar-refractivity contribution in [1.82, 2.24) is 4.90 Å². The van der Waals surface area contributed by atoms with E-state index in [1.807, 2.05) is 24.3 Å². The second kappa shape index (κ2) is 11.2. The molecule has 0 N–H and O–H groups in total. The Morgan fingerprint density at radius 3 is 2.29 bits per heavy atom. The molecule has 1 unspecified atom stereocenters. The van der Waals surface area contributed by atoms with Crippen molar-refractivity contribution in [3.63, 3.8) is 0 Å². The summed E-state index contributed by atoms with van der Waals surface area (Å²) in [5.74, 6) is 0.210. The van der Waals surface area contributed by atoms with Gasteiger partial charge in [-0.1, -0.05) is 80.9 Å². The van der Waals surface area contributed by atoms with Crippen molar-refractivity contribution in [2.45, 2.75) is 51.9 Å². The summed E-state index contributed by atoms with van der Waals surface area (Å²) in [4.78, 5) is 2.53. The van der Waals surface area contributed by atoms with Gasteiger partial charge in [0.1, 0.15) is 0 Å². The molecule has 0 aromatic heterocycles. The third kappa shape index (κ3) is 5.84. The van der Waals surface area contributed by atoms with Gasteiger partial charge in [-0.3, -0.25) is 0 Å². The maximum absolute atomic E-state index is 10.1. The fraction of sp³-hybridized carbons (Fsp3) is 0.480. The Bertz CT molecular complexity index is 751. The first-order valence-corrected chi connectivity index (χ1v) is 10.8. The quantitative estimate of drug-likeness (QED) is 0.433. The molecule has 150 valence electrons. The van der Waals surface area contributed by atoms with Crippen LogP contribution in [-0.2, 0) is 11.8 Å². The van der Waals surface area contributed by atoms with Crippen molar-refractivity contribution in [3.8, 4) is 6.07 Å². The number of halogens is 1. The smallest absolute Gasteiger partial charge is 0.0859 e. The summed E-state index contributed by atoms with van der Waals surface area (Å²) in [5, 5.41) is 10.8. The van der Waals surface area contributed by atoms with E-state index in [1.54, 1.807) is 0 Å². The highest BCUT2D eigenvalue weighted by Crippen LogP contribution is 2.40. The number of benzene rings is 2. The van der Waals surface area contributed by atoms with Crippen LogP contribution in [0, 0.1) is 17.2 Å². The average Bonchev–Trinajstić information content (AvgIpc) is 2.71. The molecule has 0 aliphatic heterocycles. The normalized spacial score (nSPS) is 13.5. The first-order valence-electron chi connectivity index (χ1n) is 10.5. The predicted molar refractivity (Wildman–Crippen MR) is 120 cm³/mol. The van der Waals surface area contributed by atoms with Crippen LogP contribution in [0.25, 0.3) is 0 Å². The molecule has 0 heterocycles. The second-order valence-electron chi connectivity index (χ2n) is 7.90. The highest BCUT2D eigenvalue weighted by Gasteiger charge is 2.37. The molecule has 0 amide bonds. The first kappa shape index (κ1) is 22.5. The lowest BCUT2D eigenvalue weighted by atomic mass is 9.70. The zero-order valence-electron chi connectivity index (χ0n) is 17.5. The fourth-order valence-electron chi connectivity index (χ4n) is 3.97. The fourth-order valence-corrected chi connectivity index (χ4v) is 4.27. The Kier molecular flexibility index (Phi) is 9.03. The maximum atomic E-state index is 10.1. The molecule has 0 saturated heterocycles. The lowest BCUT2D eigenvalue weighted by molar-refractivity contribution is 0.254. The van der Waals surface area contributed by atoms with Crippen LogP contribution in [0.4, 0.5) is 0 Å². The number of nitriles is 1. The molecule has 2 rings (SSSR count). The third-order valence-electron chi connectivity index (χ3n) is 5.68. The third-order valence-corrected chi connectivity index (χ3v) is 6.01. The van der Waals surface area contributed by atoms with E-state index in [9.17, 15) is 5.26 Å². The van der Waals surface area contributed by atoms with Crippen molar-refractivity contribution in [2.75, 3.05) is 19.6 Å². The van der Waals surface area contributed by atoms with Crippen LogP contribution in [0.2, 0.25) is 5.02 Å². The number of hydrogen-bond acceptors (Lipinski definition) is 2. The average molecular weight is 397 g/mol. The van der Waals surface area contributed by atoms with Gasteiger partial charge in [-0.15, -0.1) is 0 Å². The molecule has 2 aromatic carbocycles. The largest absolute Gasteiger partial charge is 0.303 e. The minimum Gasteiger partial charge on any atom is -0.303 e. The molecule has 0 radical (unpaired) electrons. The molecule has 0 aliphatic rings. The van der Waals surface area contributed by atoms with Crippen molar-refractivity contribution in [3.05, 3.63) is 70.7 Å². The van der Waals surface area contributed by atoms with Crippen LogP contribution < -0.4 is 0 Å². The predicted octanol–water partition coefficient (Wildman–Crippen LogP) is 6.49. The first-order chi connectivity index (χ1) is 13.5. The number of rotatable bonds is 11. The maximum Gasteiger partial charge on any atom is 0.0859 e. The molecule has 0 bridgehead atoms. The van der Waals surface area contributed by atoms with Gasteiger partial charge in [-0.2, -0.15) is 5.26 Å². The van der Waals surface area contributed by atoms with Gasteiger partial charge >= 0.3 is 0 Å². The molecule has 0 fully saturated rings. The molecular formula is C25H33ClN2. The summed E-state index contributed by atoms with van der Waals surface area (Å²) in [5.41, 5.74) is 1.82. The Hall–Kier alpha value is -1.82. The molecule has 0 saturated carbocycles. The van der Waals surface area contributed by atoms with Gasteiger partial charge in [-0.05, 0) is 61.9 Å². The summed E-state index contributed by atoms with van der Waals surface area (Å²) in [6.07, 6.45) is 4.04. The Balaban J connectivity index is 2.03. The monoisotopic (exact) mass is 396 g/mol. The standard InChI is InChI=1S/C25H33ClN2/c1-4-17-28(19-15-22-11-6-5-7-12-22)18-10-16-25(20-27,21(2)3)23-13-8-9-14-24(23)26/h5-9,11-14,21H,4,10,15-19H2,1-3H3. The molecule has 0 spiro atoms. The lowest BCUT2D eigenvalue weighted by Gasteiger charge is -2.33. The van der Waals surface area contributed by atoms with E-state index in [1.165, 1.54) is 5.56 Å². The van der Waals surface area contributed by atoms with Crippen molar-refractivity contribution in [2.24, 2.45) is 5.92 Å². The van der Waals surface area contributed by atoms with E-state index < -0.39 is 5.41 Å². The van der Waals surface area contributed by atoms with E-state index in [2.05, 4.69) is 62.1 Å². The van der Waals surface area contributed by atoms with Gasteiger partial charge in [0, 0.05) is 11.6 Å². The zero-order chi connectivity index (χ0) is 20.4. The topological polar surface area (TPSA) is 27.0 Å². The molecule has 2 nitrogen and oxygen atoms in total. The zero-order valence-corrected chi connectivity index (χ0v) is 18.3. The van der Waals surface area contributed by atoms with E-state index in [4.69, 9.17) is 11.6 Å². The van der Waals surface area contributed by atoms with Crippen LogP contribution in [0.3, 0.4) is 0 Å². The van der Waals surface area contributed by atoms with Crippen LogP contribution in [0.5, 0.6) is 0 Å². The van der Waals surface area contributed by atoms with Gasteiger partial charge in [0.15, 0.2) is 0 Å². The Labute approximate surface area is 176 Å². The summed E-state index contributed by atoms with van der Waals surface area (Å²) < 4.78 is 0. The summed E-state index contributed by atoms with van der Waals surface area (Å²) in [6.45, 7) is 9.66. The van der Waals surface area contributed by atoms with Gasteiger partial charge < -0.3 is 4.90 Å². The molecule has 28 heavy (non-hydrogen) atoms. The summed E-state index contributed by atoms with van der Waals surface area (Å²) >= 11 is 6.48. The Morgan fingerprint density at radius 1 is 1.00 bits per heavy atom. The van der Waals surface area contributed by atoms with E-state index in [-0.39, 0.29) is 5.92 Å². The summed E-state index contributed by atoms with van der Waals surface area (Å²) in [7, 11) is 0. The van der Waals surface area contributed by atoms with Crippen molar-refractivity contribution >= 4 is 11.6 Å². The second-order valence-corrected chi connectivity index (χ2v) is 8.31. The highest BCUT2D eigenvalue weighted by atomic mass is 35.5. The molecule has 3 heteroatoms. The molecule has 0 aliphatic carbocycles. The molecular weight excluding hydrogens is 364 g/mol. The van der Waals surface area contributed by atoms with Gasteiger partial charge in [-0.25, -0.2) is 0 Å². The molecule has 1 atom stereocenters. The SMILES string of the molecule is CCCN(CCCC(C#N)(c1ccccc1Cl)C(C)C)CCc1ccccc1. The van der Waals surface area contributed by atoms with E-state index >= 15 is 0 Å². The van der Waals surface area contributed by atoms with E-state index in [0.29, 0.717) is 5.02 Å². The minimum atomic E-state index is -0.532. The van der Waals surface area contributed by atoms with Gasteiger partial charge in [0.25, 0.3) is 0 Å². The van der Waals surface area contributed by atoms with Gasteiger partial charge in [0.2, 0.25) is 0 Å². The Morgan fingerprint density at radius 2 is 1.68 bits per heavy atom. The van der Waals surface area contributed by atoms with Crippen LogP contribution in [0.15, 0.2) is 54.6 Å². The van der Waals surface area contributed by atoms with Crippen molar-refractivity contribution in [1.29, 1.82) is 5.26 Å². The molecule has 2 aromatic rings. The number of nitrogens with zero attached hydrogens (tertiary/aromatic N) is 2.